The number of nitrogens with one attached hydrogen (secondary N) is 4. The number of benzene rings is 1. The Morgan fingerprint density at radius 3 is 2.65 bits per heavy atom. The zero-order valence-electron chi connectivity index (χ0n) is 17.7. The first-order chi connectivity index (χ1) is 14.9. The standard InChI is InChI=1S/C21H27N7O3/c1-13(2)22-21(31)26-27-11-16-17(12-27)24-25-20(16)23-18(29)10-14-5-7-15(8-6-14)28-9-3-4-19(28)30/h5-8,13H,3-4,9-12H2,1-2H3,(H2,22,26,31)(H2,23,24,25,29). The van der Waals surface area contributed by atoms with Gasteiger partial charge in [0.15, 0.2) is 5.82 Å². The summed E-state index contributed by atoms with van der Waals surface area (Å²) >= 11 is 0. The van der Waals surface area contributed by atoms with Crippen LogP contribution in [0.4, 0.5) is 16.3 Å². The first-order valence-corrected chi connectivity index (χ1v) is 10.5. The molecule has 1 aromatic carbocycles. The van der Waals surface area contributed by atoms with Crippen molar-refractivity contribution in [3.05, 3.63) is 41.1 Å². The van der Waals surface area contributed by atoms with Crippen molar-refractivity contribution in [1.82, 2.24) is 25.9 Å². The first kappa shape index (κ1) is 20.9. The molecule has 0 atom stereocenters. The minimum atomic E-state index is -0.266. The van der Waals surface area contributed by atoms with Crippen molar-refractivity contribution < 1.29 is 14.4 Å². The molecule has 1 fully saturated rings. The molecule has 2 aromatic rings. The first-order valence-electron chi connectivity index (χ1n) is 10.5. The molecule has 4 rings (SSSR count). The Balaban J connectivity index is 1.32. The number of rotatable bonds is 6. The number of aromatic nitrogens is 2. The minimum absolute atomic E-state index is 0.0434. The molecule has 31 heavy (non-hydrogen) atoms. The van der Waals surface area contributed by atoms with Gasteiger partial charge in [-0.1, -0.05) is 12.1 Å². The molecule has 2 aliphatic heterocycles. The molecule has 164 valence electrons. The topological polar surface area (TPSA) is 122 Å². The molecule has 2 aliphatic rings. The van der Waals surface area contributed by atoms with E-state index in [2.05, 4.69) is 26.3 Å². The number of fused-ring (bicyclic) bond motifs is 1. The number of carbonyl (C=O) groups excluding carboxylic acids is 3. The highest BCUT2D eigenvalue weighted by Gasteiger charge is 2.27. The van der Waals surface area contributed by atoms with Crippen LogP contribution < -0.4 is 21.0 Å². The van der Waals surface area contributed by atoms with Gasteiger partial charge in [-0.15, -0.1) is 0 Å². The third kappa shape index (κ3) is 4.85. The number of carbonyl (C=O) groups is 3. The van der Waals surface area contributed by atoms with Crippen molar-refractivity contribution >= 4 is 29.4 Å². The Hall–Kier alpha value is -3.40. The van der Waals surface area contributed by atoms with Gasteiger partial charge < -0.3 is 15.5 Å². The predicted octanol–water partition coefficient (Wildman–Crippen LogP) is 1.66. The Morgan fingerprint density at radius 2 is 1.97 bits per heavy atom. The van der Waals surface area contributed by atoms with Crippen LogP contribution >= 0.6 is 0 Å². The number of hydrazine groups is 1. The summed E-state index contributed by atoms with van der Waals surface area (Å²) in [6.45, 7) is 5.46. The second-order valence-electron chi connectivity index (χ2n) is 8.17. The molecule has 0 unspecified atom stereocenters. The Kier molecular flexibility index (Phi) is 5.90. The molecule has 0 radical (unpaired) electrons. The SMILES string of the molecule is CC(C)NC(=O)NN1Cc2[nH]nc(NC(=O)Cc3ccc(N4CCCC4=O)cc3)c2C1. The van der Waals surface area contributed by atoms with Crippen LogP contribution in [0.3, 0.4) is 0 Å². The molecule has 4 amide bonds. The maximum absolute atomic E-state index is 12.5. The molecule has 0 saturated carbocycles. The van der Waals surface area contributed by atoms with Crippen LogP contribution in [0.2, 0.25) is 0 Å². The van der Waals surface area contributed by atoms with Crippen molar-refractivity contribution in [1.29, 1.82) is 0 Å². The summed E-state index contributed by atoms with van der Waals surface area (Å²) in [4.78, 5) is 38.1. The third-order valence-electron chi connectivity index (χ3n) is 5.27. The number of aromatic amines is 1. The highest BCUT2D eigenvalue weighted by Crippen LogP contribution is 2.26. The summed E-state index contributed by atoms with van der Waals surface area (Å²) in [5.74, 6) is 0.444. The van der Waals surface area contributed by atoms with E-state index in [0.29, 0.717) is 25.3 Å². The molecule has 1 saturated heterocycles. The Morgan fingerprint density at radius 1 is 1.19 bits per heavy atom. The average molecular weight is 425 g/mol. The van der Waals surface area contributed by atoms with E-state index >= 15 is 0 Å². The van der Waals surface area contributed by atoms with Gasteiger partial charge in [0.1, 0.15) is 0 Å². The molecule has 1 aromatic heterocycles. The Labute approximate surface area is 180 Å². The molecule has 3 heterocycles. The summed E-state index contributed by atoms with van der Waals surface area (Å²) < 4.78 is 0. The van der Waals surface area contributed by atoms with Crippen molar-refractivity contribution in [3.8, 4) is 0 Å². The van der Waals surface area contributed by atoms with Gasteiger partial charge in [-0.2, -0.15) is 5.10 Å². The Bertz CT molecular complexity index is 983. The fourth-order valence-electron chi connectivity index (χ4n) is 3.84. The molecular weight excluding hydrogens is 398 g/mol. The quantitative estimate of drug-likeness (QED) is 0.561. The van der Waals surface area contributed by atoms with Crippen molar-refractivity contribution in [2.24, 2.45) is 0 Å². The largest absolute Gasteiger partial charge is 0.335 e. The van der Waals surface area contributed by atoms with Gasteiger partial charge in [0.05, 0.1) is 18.7 Å². The molecule has 0 aliphatic carbocycles. The normalized spacial score (nSPS) is 16.0. The summed E-state index contributed by atoms with van der Waals surface area (Å²) in [7, 11) is 0. The van der Waals surface area contributed by atoms with Crippen LogP contribution in [0, 0.1) is 0 Å². The van der Waals surface area contributed by atoms with Crippen LogP contribution in [0.15, 0.2) is 24.3 Å². The molecule has 0 spiro atoms. The van der Waals surface area contributed by atoms with E-state index in [1.54, 1.807) is 9.91 Å². The van der Waals surface area contributed by atoms with E-state index in [1.807, 2.05) is 38.1 Å². The molecule has 10 nitrogen and oxygen atoms in total. The number of nitrogens with zero attached hydrogens (tertiary/aromatic N) is 3. The highest BCUT2D eigenvalue weighted by atomic mass is 16.2. The number of anilines is 2. The highest BCUT2D eigenvalue weighted by molar-refractivity contribution is 5.95. The minimum Gasteiger partial charge on any atom is -0.335 e. The van der Waals surface area contributed by atoms with E-state index in [4.69, 9.17) is 0 Å². The maximum Gasteiger partial charge on any atom is 0.329 e. The smallest absolute Gasteiger partial charge is 0.329 e. The number of amides is 4. The number of urea groups is 1. The monoisotopic (exact) mass is 425 g/mol. The summed E-state index contributed by atoms with van der Waals surface area (Å²) in [6, 6.07) is 7.27. The van der Waals surface area contributed by atoms with E-state index in [1.165, 1.54) is 0 Å². The van der Waals surface area contributed by atoms with Gasteiger partial charge in [0.25, 0.3) is 0 Å². The molecule has 10 heteroatoms. The van der Waals surface area contributed by atoms with Gasteiger partial charge in [-0.25, -0.2) is 9.80 Å². The molecule has 4 N–H and O–H groups in total. The number of hydrogen-bond donors (Lipinski definition) is 4. The average Bonchev–Trinajstić information content (AvgIpc) is 3.39. The van der Waals surface area contributed by atoms with Crippen molar-refractivity contribution in [2.45, 2.75) is 52.2 Å². The van der Waals surface area contributed by atoms with Gasteiger partial charge in [-0.05, 0) is 38.0 Å². The lowest BCUT2D eigenvalue weighted by Gasteiger charge is -2.18. The molecular formula is C21H27N7O3. The maximum atomic E-state index is 12.5. The summed E-state index contributed by atoms with van der Waals surface area (Å²) in [5.41, 5.74) is 6.23. The van der Waals surface area contributed by atoms with Gasteiger partial charge in [0, 0.05) is 36.8 Å². The molecule has 0 bridgehead atoms. The van der Waals surface area contributed by atoms with Crippen LogP contribution in [0.1, 0.15) is 43.5 Å². The van der Waals surface area contributed by atoms with Crippen LogP contribution in [-0.2, 0) is 29.1 Å². The van der Waals surface area contributed by atoms with E-state index in [-0.39, 0.29) is 30.3 Å². The zero-order valence-corrected chi connectivity index (χ0v) is 17.7. The predicted molar refractivity (Wildman–Crippen MR) is 115 cm³/mol. The fraction of sp³-hybridized carbons (Fsp3) is 0.429. The lowest BCUT2D eigenvalue weighted by molar-refractivity contribution is -0.117. The summed E-state index contributed by atoms with van der Waals surface area (Å²) in [6.07, 6.45) is 1.68. The van der Waals surface area contributed by atoms with Crippen molar-refractivity contribution in [3.63, 3.8) is 0 Å². The van der Waals surface area contributed by atoms with Crippen LogP contribution in [0.5, 0.6) is 0 Å². The second-order valence-corrected chi connectivity index (χ2v) is 8.17. The van der Waals surface area contributed by atoms with E-state index < -0.39 is 0 Å². The summed E-state index contributed by atoms with van der Waals surface area (Å²) in [5, 5.41) is 14.5. The fourth-order valence-corrected chi connectivity index (χ4v) is 3.84. The zero-order chi connectivity index (χ0) is 22.0. The third-order valence-corrected chi connectivity index (χ3v) is 5.27. The van der Waals surface area contributed by atoms with Gasteiger partial charge in [0.2, 0.25) is 11.8 Å². The van der Waals surface area contributed by atoms with E-state index in [0.717, 1.165) is 35.5 Å². The second kappa shape index (κ2) is 8.76. The van der Waals surface area contributed by atoms with Crippen LogP contribution in [0.25, 0.3) is 0 Å². The lowest BCUT2D eigenvalue weighted by atomic mass is 10.1. The van der Waals surface area contributed by atoms with E-state index in [9.17, 15) is 14.4 Å². The van der Waals surface area contributed by atoms with Gasteiger partial charge >= 0.3 is 6.03 Å². The van der Waals surface area contributed by atoms with Gasteiger partial charge in [-0.3, -0.25) is 20.1 Å². The number of H-pyrrole nitrogens is 1. The lowest BCUT2D eigenvalue weighted by Crippen LogP contribution is -2.46. The number of hydrogen-bond acceptors (Lipinski definition) is 5. The van der Waals surface area contributed by atoms with Crippen LogP contribution in [-0.4, -0.2) is 45.6 Å². The van der Waals surface area contributed by atoms with Crippen molar-refractivity contribution in [2.75, 3.05) is 16.8 Å².